The van der Waals surface area contributed by atoms with Crippen LogP contribution in [0.25, 0.3) is 10.9 Å². The number of methoxy groups -OCH3 is 1. The molecule has 8 heteroatoms. The molecule has 8 nitrogen and oxygen atoms in total. The molecule has 4 aromatic rings. The van der Waals surface area contributed by atoms with Crippen molar-refractivity contribution in [1.82, 2.24) is 9.97 Å². The van der Waals surface area contributed by atoms with Crippen molar-refractivity contribution in [3.63, 3.8) is 0 Å². The van der Waals surface area contributed by atoms with Gasteiger partial charge in [-0.15, -0.1) is 0 Å². The van der Waals surface area contributed by atoms with Gasteiger partial charge in [0, 0.05) is 41.8 Å². The minimum atomic E-state index is -0.902. The fourth-order valence-corrected chi connectivity index (χ4v) is 4.00. The lowest BCUT2D eigenvalue weighted by Gasteiger charge is -2.16. The molecule has 35 heavy (non-hydrogen) atoms. The van der Waals surface area contributed by atoms with Gasteiger partial charge in [0.15, 0.2) is 0 Å². The van der Waals surface area contributed by atoms with Crippen LogP contribution < -0.4 is 10.1 Å². The molecular formula is C27H27N3O5. The molecule has 180 valence electrons. The molecular weight excluding hydrogens is 446 g/mol. The fourth-order valence-electron chi connectivity index (χ4n) is 4.00. The van der Waals surface area contributed by atoms with Crippen LogP contribution in [0.4, 0.5) is 5.82 Å². The monoisotopic (exact) mass is 473 g/mol. The van der Waals surface area contributed by atoms with Gasteiger partial charge in [0.05, 0.1) is 25.7 Å². The van der Waals surface area contributed by atoms with E-state index in [1.54, 1.807) is 30.5 Å². The molecule has 0 bridgehead atoms. The first kappa shape index (κ1) is 23.8. The number of hydrogen-bond acceptors (Lipinski definition) is 6. The van der Waals surface area contributed by atoms with Crippen LogP contribution in [0.1, 0.15) is 40.2 Å². The van der Waals surface area contributed by atoms with Crippen molar-refractivity contribution in [3.8, 4) is 5.75 Å². The van der Waals surface area contributed by atoms with Crippen LogP contribution in [-0.2, 0) is 9.53 Å². The number of carbonyl (C=O) groups is 2. The quantitative estimate of drug-likeness (QED) is 0.211. The third-order valence-electron chi connectivity index (χ3n) is 5.73. The van der Waals surface area contributed by atoms with Crippen LogP contribution in [0, 0.1) is 0 Å². The predicted molar refractivity (Wildman–Crippen MR) is 133 cm³/mol. The Morgan fingerprint density at radius 2 is 1.94 bits per heavy atom. The van der Waals surface area contributed by atoms with E-state index in [0.717, 1.165) is 46.6 Å². The number of hydrogen-bond donors (Lipinski definition) is 3. The Kier molecular flexibility index (Phi) is 7.62. The van der Waals surface area contributed by atoms with Crippen molar-refractivity contribution in [2.75, 3.05) is 25.6 Å². The van der Waals surface area contributed by atoms with E-state index in [0.29, 0.717) is 12.2 Å². The second kappa shape index (κ2) is 11.2. The van der Waals surface area contributed by atoms with Crippen molar-refractivity contribution < 1.29 is 24.2 Å². The summed E-state index contributed by atoms with van der Waals surface area (Å²) in [6.45, 7) is 1.30. The second-order valence-electron chi connectivity index (χ2n) is 8.06. The van der Waals surface area contributed by atoms with Gasteiger partial charge in [0.1, 0.15) is 11.6 Å². The number of rotatable bonds is 11. The zero-order valence-electron chi connectivity index (χ0n) is 19.4. The van der Waals surface area contributed by atoms with Gasteiger partial charge in [-0.2, -0.15) is 0 Å². The summed E-state index contributed by atoms with van der Waals surface area (Å²) in [5.74, 6) is -0.138. The highest BCUT2D eigenvalue weighted by molar-refractivity contribution is 5.89. The summed E-state index contributed by atoms with van der Waals surface area (Å²) in [6.07, 6.45) is 4.32. The van der Waals surface area contributed by atoms with Crippen LogP contribution in [0.3, 0.4) is 0 Å². The molecule has 3 N–H and O–H groups in total. The molecule has 2 aromatic carbocycles. The van der Waals surface area contributed by atoms with Crippen LogP contribution in [0.2, 0.25) is 0 Å². The van der Waals surface area contributed by atoms with Gasteiger partial charge in [-0.1, -0.05) is 18.2 Å². The SMILES string of the molecule is COC(=O)c1ccc(C(CC(=O)O)c2c[nH]c3cc(OCCCNc4ccccn4)ccc23)cc1. The Bertz CT molecular complexity index is 1290. The van der Waals surface area contributed by atoms with Crippen molar-refractivity contribution in [2.45, 2.75) is 18.8 Å². The smallest absolute Gasteiger partial charge is 0.337 e. The van der Waals surface area contributed by atoms with E-state index < -0.39 is 11.9 Å². The highest BCUT2D eigenvalue weighted by Gasteiger charge is 2.22. The average Bonchev–Trinajstić information content (AvgIpc) is 3.30. The number of benzene rings is 2. The highest BCUT2D eigenvalue weighted by atomic mass is 16.5. The number of aliphatic carboxylic acids is 1. The van der Waals surface area contributed by atoms with Crippen molar-refractivity contribution in [3.05, 3.63) is 89.7 Å². The van der Waals surface area contributed by atoms with Crippen LogP contribution >= 0.6 is 0 Å². The third kappa shape index (κ3) is 5.97. The van der Waals surface area contributed by atoms with E-state index in [1.165, 1.54) is 7.11 Å². The number of carboxylic acid groups (broad SMARTS) is 1. The standard InChI is InChI=1S/C27H27N3O5/c1-34-27(33)19-8-6-18(7-9-19)22(16-26(31)32)23-17-30-24-15-20(10-11-21(23)24)35-14-4-13-29-25-5-2-3-12-28-25/h2-3,5-12,15,17,22,30H,4,13-14,16H2,1H3,(H,28,29)(H,31,32). The maximum atomic E-state index is 11.7. The summed E-state index contributed by atoms with van der Waals surface area (Å²) in [7, 11) is 1.33. The number of esters is 1. The average molecular weight is 474 g/mol. The number of ether oxygens (including phenoxy) is 2. The summed E-state index contributed by atoms with van der Waals surface area (Å²) in [5.41, 5.74) is 2.97. The maximum Gasteiger partial charge on any atom is 0.337 e. The Labute approximate surface area is 202 Å². The molecule has 0 radical (unpaired) electrons. The van der Waals surface area contributed by atoms with Gasteiger partial charge in [0.25, 0.3) is 0 Å². The van der Waals surface area contributed by atoms with Gasteiger partial charge in [-0.25, -0.2) is 9.78 Å². The van der Waals surface area contributed by atoms with Gasteiger partial charge < -0.3 is 24.9 Å². The maximum absolute atomic E-state index is 11.7. The third-order valence-corrected chi connectivity index (χ3v) is 5.73. The zero-order valence-corrected chi connectivity index (χ0v) is 19.4. The minimum Gasteiger partial charge on any atom is -0.493 e. The molecule has 4 rings (SSSR count). The lowest BCUT2D eigenvalue weighted by Crippen LogP contribution is -2.09. The molecule has 0 fully saturated rings. The van der Waals surface area contributed by atoms with Crippen molar-refractivity contribution >= 4 is 28.7 Å². The zero-order chi connectivity index (χ0) is 24.6. The predicted octanol–water partition coefficient (Wildman–Crippen LogP) is 4.84. The van der Waals surface area contributed by atoms with Gasteiger partial charge in [-0.05, 0) is 53.9 Å². The number of pyridine rings is 1. The van der Waals surface area contributed by atoms with Crippen molar-refractivity contribution in [1.29, 1.82) is 0 Å². The number of carboxylic acids is 1. The summed E-state index contributed by atoms with van der Waals surface area (Å²) < 4.78 is 10.6. The fraction of sp³-hybridized carbons (Fsp3) is 0.222. The summed E-state index contributed by atoms with van der Waals surface area (Å²) in [4.78, 5) is 30.9. The first-order valence-electron chi connectivity index (χ1n) is 11.3. The highest BCUT2D eigenvalue weighted by Crippen LogP contribution is 2.35. The Morgan fingerprint density at radius 3 is 2.66 bits per heavy atom. The molecule has 0 aliphatic rings. The minimum absolute atomic E-state index is 0.0773. The first-order valence-corrected chi connectivity index (χ1v) is 11.3. The Hall–Kier alpha value is -4.33. The molecule has 0 aliphatic heterocycles. The number of aromatic nitrogens is 2. The Morgan fingerprint density at radius 1 is 1.11 bits per heavy atom. The van der Waals surface area contributed by atoms with Crippen LogP contribution in [0.5, 0.6) is 5.75 Å². The molecule has 0 spiro atoms. The molecule has 0 saturated carbocycles. The summed E-state index contributed by atoms with van der Waals surface area (Å²) in [5, 5.41) is 13.7. The summed E-state index contributed by atoms with van der Waals surface area (Å²) >= 11 is 0. The van der Waals surface area contributed by atoms with E-state index in [4.69, 9.17) is 9.47 Å². The van der Waals surface area contributed by atoms with Gasteiger partial charge in [-0.3, -0.25) is 4.79 Å². The molecule has 0 aliphatic carbocycles. The number of H-pyrrole nitrogens is 1. The normalized spacial score (nSPS) is 11.7. The second-order valence-corrected chi connectivity index (χ2v) is 8.06. The van der Waals surface area contributed by atoms with E-state index in [2.05, 4.69) is 15.3 Å². The number of carbonyl (C=O) groups excluding carboxylic acids is 1. The number of anilines is 1. The molecule has 2 heterocycles. The van der Waals surface area contributed by atoms with E-state index in [-0.39, 0.29) is 12.3 Å². The van der Waals surface area contributed by atoms with Gasteiger partial charge in [0.2, 0.25) is 0 Å². The van der Waals surface area contributed by atoms with Crippen LogP contribution in [0.15, 0.2) is 73.1 Å². The van der Waals surface area contributed by atoms with Gasteiger partial charge >= 0.3 is 11.9 Å². The number of aromatic amines is 1. The van der Waals surface area contributed by atoms with E-state index >= 15 is 0 Å². The first-order chi connectivity index (χ1) is 17.0. The van der Waals surface area contributed by atoms with Crippen molar-refractivity contribution in [2.24, 2.45) is 0 Å². The topological polar surface area (TPSA) is 114 Å². The Balaban J connectivity index is 1.45. The molecule has 0 saturated heterocycles. The molecule has 1 atom stereocenters. The van der Waals surface area contributed by atoms with E-state index in [1.807, 2.05) is 42.6 Å². The lowest BCUT2D eigenvalue weighted by molar-refractivity contribution is -0.137. The number of nitrogens with zero attached hydrogens (tertiary/aromatic N) is 1. The summed E-state index contributed by atoms with van der Waals surface area (Å²) in [6, 6.07) is 18.3. The molecule has 0 amide bonds. The largest absolute Gasteiger partial charge is 0.493 e. The molecule has 1 unspecified atom stereocenters. The number of fused-ring (bicyclic) bond motifs is 1. The van der Waals surface area contributed by atoms with E-state index in [9.17, 15) is 14.7 Å². The lowest BCUT2D eigenvalue weighted by atomic mass is 9.88. The number of nitrogens with one attached hydrogen (secondary N) is 2. The van der Waals surface area contributed by atoms with Crippen LogP contribution in [-0.4, -0.2) is 47.3 Å². The molecule has 2 aromatic heterocycles.